The number of hydrogen-bond donors (Lipinski definition) is 2. The molecular weight excluding hydrogens is 943 g/mol. The lowest BCUT2D eigenvalue weighted by Gasteiger charge is -2.09. The van der Waals surface area contributed by atoms with Gasteiger partial charge in [0.1, 0.15) is 21.5 Å². The van der Waals surface area contributed by atoms with E-state index >= 15 is 0 Å². The lowest BCUT2D eigenvalue weighted by Crippen LogP contribution is -2.09. The Hall–Kier alpha value is -6.08. The number of para-hydroxylation sites is 2. The summed E-state index contributed by atoms with van der Waals surface area (Å²) in [7, 11) is 0. The van der Waals surface area contributed by atoms with Gasteiger partial charge in [0, 0.05) is 32.4 Å². The minimum Gasteiger partial charge on any atom is -0.482 e. The van der Waals surface area contributed by atoms with Gasteiger partial charge >= 0.3 is 24.3 Å². The van der Waals surface area contributed by atoms with Crippen LogP contribution in [-0.2, 0) is 33.4 Å². The molecule has 2 heterocycles. The van der Waals surface area contributed by atoms with Gasteiger partial charge < -0.3 is 19.7 Å². The third kappa shape index (κ3) is 12.2. The molecule has 8 nitrogen and oxygen atoms in total. The number of rotatable bonds is 14. The van der Waals surface area contributed by atoms with Gasteiger partial charge in [-0.05, 0) is 109 Å². The molecule has 0 spiro atoms. The number of aliphatic carboxylic acids is 2. The highest BCUT2D eigenvalue weighted by molar-refractivity contribution is 7.98. The molecule has 0 aliphatic carbocycles. The summed E-state index contributed by atoms with van der Waals surface area (Å²) in [6.07, 6.45) is -8.73. The van der Waals surface area contributed by atoms with Crippen molar-refractivity contribution >= 4 is 78.6 Å². The SMILES string of the molecule is Cc1cc(SCc2cccc3sc(-c4ccc(C(F)(F)F)cc4)nc23)ccc1OCC(=O)O.Cc1cc(SCc2cccc3sc(-c4ccc(C(F)(F)F)cc4)nc23)ccc1OCC(=O)O. The van der Waals surface area contributed by atoms with Crippen LogP contribution in [0.15, 0.2) is 131 Å². The summed E-state index contributed by atoms with van der Waals surface area (Å²) in [5, 5.41) is 18.9. The third-order valence-corrected chi connectivity index (χ3v) is 13.9. The number of benzene rings is 6. The average molecular weight is 979 g/mol. The van der Waals surface area contributed by atoms with E-state index in [0.29, 0.717) is 44.1 Å². The van der Waals surface area contributed by atoms with Crippen LogP contribution >= 0.6 is 46.2 Å². The molecule has 0 saturated heterocycles. The summed E-state index contributed by atoms with van der Waals surface area (Å²) in [6, 6.07) is 33.0. The number of carboxylic acids is 2. The van der Waals surface area contributed by atoms with Crippen LogP contribution in [0.4, 0.5) is 26.3 Å². The van der Waals surface area contributed by atoms with Crippen LogP contribution in [-0.4, -0.2) is 45.3 Å². The fraction of sp³-hybridized carbons (Fsp3) is 0.167. The Balaban J connectivity index is 0.000000196. The van der Waals surface area contributed by atoms with Gasteiger partial charge in [-0.1, -0.05) is 48.5 Å². The number of alkyl halides is 6. The van der Waals surface area contributed by atoms with Gasteiger partial charge in [0.2, 0.25) is 0 Å². The Morgan fingerprint density at radius 2 is 0.939 bits per heavy atom. The number of fused-ring (bicyclic) bond motifs is 2. The molecule has 0 radical (unpaired) electrons. The van der Waals surface area contributed by atoms with Gasteiger partial charge in [-0.2, -0.15) is 26.3 Å². The standard InChI is InChI=1S/2C24H18F3NO3S2/c2*1-14-11-18(9-10-19(14)31-12-21(29)30)32-13-16-3-2-4-20-22(16)28-23(33-20)15-5-7-17(8-6-15)24(25,26)27/h2*2-11H,12-13H2,1H3,(H,29,30). The van der Waals surface area contributed by atoms with Crippen LogP contribution in [0.25, 0.3) is 41.6 Å². The number of thioether (sulfide) groups is 2. The highest BCUT2D eigenvalue weighted by atomic mass is 32.2. The molecule has 0 bridgehead atoms. The molecule has 18 heteroatoms. The second-order valence-corrected chi connectivity index (χ2v) is 18.7. The van der Waals surface area contributed by atoms with Crippen molar-refractivity contribution in [2.75, 3.05) is 13.2 Å². The van der Waals surface area contributed by atoms with Crippen LogP contribution in [0, 0.1) is 13.8 Å². The maximum absolute atomic E-state index is 12.8. The summed E-state index contributed by atoms with van der Waals surface area (Å²) in [5.41, 5.74) is 5.34. The molecule has 0 fully saturated rings. The second kappa shape index (κ2) is 20.6. The van der Waals surface area contributed by atoms with Crippen molar-refractivity contribution in [3.05, 3.63) is 155 Å². The lowest BCUT2D eigenvalue weighted by atomic mass is 10.1. The zero-order chi connectivity index (χ0) is 47.2. The molecule has 0 unspecified atom stereocenters. The first kappa shape index (κ1) is 47.9. The number of aromatic nitrogens is 2. The van der Waals surface area contributed by atoms with E-state index in [1.54, 1.807) is 35.7 Å². The highest BCUT2D eigenvalue weighted by Gasteiger charge is 2.31. The van der Waals surface area contributed by atoms with Gasteiger partial charge in [-0.15, -0.1) is 46.2 Å². The molecule has 0 aliphatic rings. The number of halogens is 6. The lowest BCUT2D eigenvalue weighted by molar-refractivity contribution is -0.140. The number of hydrogen-bond acceptors (Lipinski definition) is 10. The minimum absolute atomic E-state index is 0.388. The molecular formula is C48H36F6N2O6S4. The van der Waals surface area contributed by atoms with Crippen LogP contribution in [0.5, 0.6) is 11.5 Å². The summed E-state index contributed by atoms with van der Waals surface area (Å²) in [5.74, 6) is 0.318. The molecule has 8 aromatic rings. The van der Waals surface area contributed by atoms with E-state index in [1.807, 2.05) is 74.5 Å². The number of carbonyl (C=O) groups is 2. The molecule has 0 atom stereocenters. The highest BCUT2D eigenvalue weighted by Crippen LogP contribution is 2.39. The first-order valence-corrected chi connectivity index (χ1v) is 23.3. The van der Waals surface area contributed by atoms with Gasteiger partial charge in [-0.25, -0.2) is 19.6 Å². The van der Waals surface area contributed by atoms with E-state index in [4.69, 9.17) is 29.7 Å². The van der Waals surface area contributed by atoms with Gasteiger partial charge in [0.15, 0.2) is 13.2 Å². The van der Waals surface area contributed by atoms with Crippen molar-refractivity contribution in [3.63, 3.8) is 0 Å². The van der Waals surface area contributed by atoms with Crippen molar-refractivity contribution in [1.29, 1.82) is 0 Å². The normalized spacial score (nSPS) is 11.6. The number of ether oxygens (including phenoxy) is 2. The van der Waals surface area contributed by atoms with Gasteiger partial charge in [0.05, 0.1) is 31.6 Å². The Morgan fingerprint density at radius 3 is 1.27 bits per heavy atom. The summed E-state index contributed by atoms with van der Waals surface area (Å²) in [4.78, 5) is 32.8. The number of thiazole rings is 2. The number of nitrogens with zero attached hydrogens (tertiary/aromatic N) is 2. The fourth-order valence-electron chi connectivity index (χ4n) is 6.44. The monoisotopic (exact) mass is 978 g/mol. The van der Waals surface area contributed by atoms with E-state index in [9.17, 15) is 35.9 Å². The van der Waals surface area contributed by atoms with Crippen molar-refractivity contribution in [2.24, 2.45) is 0 Å². The van der Waals surface area contributed by atoms with Crippen LogP contribution < -0.4 is 9.47 Å². The van der Waals surface area contributed by atoms with Crippen molar-refractivity contribution < 1.29 is 55.6 Å². The number of carboxylic acid groups (broad SMARTS) is 2. The summed E-state index contributed by atoms with van der Waals surface area (Å²) < 4.78 is 89.5. The predicted molar refractivity (Wildman–Crippen MR) is 248 cm³/mol. The summed E-state index contributed by atoms with van der Waals surface area (Å²) in [6.45, 7) is 2.94. The molecule has 8 rings (SSSR count). The van der Waals surface area contributed by atoms with Crippen molar-refractivity contribution in [1.82, 2.24) is 9.97 Å². The molecule has 340 valence electrons. The third-order valence-electron chi connectivity index (χ3n) is 9.71. The molecule has 0 saturated carbocycles. The first-order valence-electron chi connectivity index (χ1n) is 19.7. The average Bonchev–Trinajstić information content (AvgIpc) is 3.93. The van der Waals surface area contributed by atoms with Crippen LogP contribution in [0.1, 0.15) is 33.4 Å². The zero-order valence-electron chi connectivity index (χ0n) is 34.7. The fourth-order valence-corrected chi connectivity index (χ4v) is 10.4. The predicted octanol–water partition coefficient (Wildman–Crippen LogP) is 14.1. The van der Waals surface area contributed by atoms with E-state index in [0.717, 1.165) is 76.7 Å². The molecule has 0 aliphatic heterocycles. The Morgan fingerprint density at radius 1 is 0.561 bits per heavy atom. The van der Waals surface area contributed by atoms with E-state index in [2.05, 4.69) is 0 Å². The maximum Gasteiger partial charge on any atom is 0.416 e. The van der Waals surface area contributed by atoms with Crippen molar-refractivity contribution in [2.45, 2.75) is 47.5 Å². The number of aryl methyl sites for hydroxylation is 2. The summed E-state index contributed by atoms with van der Waals surface area (Å²) >= 11 is 6.12. The molecule has 6 aromatic carbocycles. The maximum atomic E-state index is 12.8. The van der Waals surface area contributed by atoms with Crippen molar-refractivity contribution in [3.8, 4) is 32.6 Å². The van der Waals surface area contributed by atoms with Crippen LogP contribution in [0.3, 0.4) is 0 Å². The molecule has 0 amide bonds. The minimum atomic E-state index is -4.37. The van der Waals surface area contributed by atoms with Gasteiger partial charge in [-0.3, -0.25) is 0 Å². The Bertz CT molecular complexity index is 2800. The Kier molecular flexibility index (Phi) is 15.0. The van der Waals surface area contributed by atoms with E-state index in [1.165, 1.54) is 46.9 Å². The quantitative estimate of drug-likeness (QED) is 0.0805. The van der Waals surface area contributed by atoms with Crippen LogP contribution in [0.2, 0.25) is 0 Å². The molecule has 2 aromatic heterocycles. The second-order valence-electron chi connectivity index (χ2n) is 14.5. The Labute approximate surface area is 390 Å². The largest absolute Gasteiger partial charge is 0.482 e. The van der Waals surface area contributed by atoms with Gasteiger partial charge in [0.25, 0.3) is 0 Å². The molecule has 66 heavy (non-hydrogen) atoms. The zero-order valence-corrected chi connectivity index (χ0v) is 38.0. The molecule has 2 N–H and O–H groups in total. The topological polar surface area (TPSA) is 119 Å². The van der Waals surface area contributed by atoms with E-state index in [-0.39, 0.29) is 13.2 Å². The smallest absolute Gasteiger partial charge is 0.416 e. The first-order chi connectivity index (χ1) is 31.4. The van der Waals surface area contributed by atoms with E-state index < -0.39 is 35.4 Å².